The van der Waals surface area contributed by atoms with Gasteiger partial charge in [0.1, 0.15) is 4.90 Å². The molecule has 256 valence electrons. The number of nitrogens with one attached hydrogen (secondary N) is 3. The van der Waals surface area contributed by atoms with Crippen molar-refractivity contribution in [2.75, 3.05) is 68.1 Å². The summed E-state index contributed by atoms with van der Waals surface area (Å²) in [7, 11) is 0. The maximum absolute atomic E-state index is 14.2. The van der Waals surface area contributed by atoms with E-state index in [4.69, 9.17) is 9.97 Å². The molecule has 2 aromatic heterocycles. The van der Waals surface area contributed by atoms with Crippen molar-refractivity contribution in [3.63, 3.8) is 0 Å². The average molecular weight is 689 g/mol. The summed E-state index contributed by atoms with van der Waals surface area (Å²) in [4.78, 5) is 19.8. The molecule has 2 aliphatic heterocycles. The van der Waals surface area contributed by atoms with Gasteiger partial charge >= 0.3 is 0 Å². The van der Waals surface area contributed by atoms with Crippen molar-refractivity contribution < 1.29 is 3.89 Å². The van der Waals surface area contributed by atoms with Crippen LogP contribution in [0.25, 0.3) is 10.9 Å². The second kappa shape index (κ2) is 15.2. The summed E-state index contributed by atoms with van der Waals surface area (Å²) in [6.07, 6.45) is 11.2. The van der Waals surface area contributed by atoms with Crippen molar-refractivity contribution in [1.29, 1.82) is 0 Å². The van der Waals surface area contributed by atoms with Crippen LogP contribution in [-0.2, 0) is 19.3 Å². The first-order chi connectivity index (χ1) is 23.2. The molecule has 8 nitrogen and oxygen atoms in total. The van der Waals surface area contributed by atoms with Gasteiger partial charge in [-0.2, -0.15) is 8.87 Å². The van der Waals surface area contributed by atoms with Crippen molar-refractivity contribution >= 4 is 70.4 Å². The Morgan fingerprint density at radius 3 is 2.33 bits per heavy atom. The lowest BCUT2D eigenvalue weighted by molar-refractivity contribution is 0.150. The molecule has 4 heterocycles. The summed E-state index contributed by atoms with van der Waals surface area (Å²) < 4.78 is 14.2. The van der Waals surface area contributed by atoms with E-state index in [0.717, 1.165) is 91.8 Å². The molecule has 2 aliphatic rings. The minimum atomic E-state index is -1.77. The summed E-state index contributed by atoms with van der Waals surface area (Å²) in [5, 5.41) is 12.6. The van der Waals surface area contributed by atoms with Crippen LogP contribution in [0.3, 0.4) is 0 Å². The van der Waals surface area contributed by atoms with Crippen LogP contribution in [0.15, 0.2) is 47.5 Å². The number of nitrogens with zero attached hydrogens (tertiary/aromatic N) is 5. The lowest BCUT2D eigenvalue weighted by atomic mass is 9.97. The zero-order valence-electron chi connectivity index (χ0n) is 29.1. The Morgan fingerprint density at radius 2 is 1.67 bits per heavy atom. The molecule has 0 amide bonds. The Morgan fingerprint density at radius 1 is 0.917 bits per heavy atom. The van der Waals surface area contributed by atoms with Crippen LogP contribution in [-0.4, -0.2) is 84.8 Å². The van der Waals surface area contributed by atoms with E-state index in [1.807, 2.05) is 12.1 Å². The molecule has 4 aromatic rings. The van der Waals surface area contributed by atoms with Crippen molar-refractivity contribution in [3.05, 3.63) is 59.4 Å². The Kier molecular flexibility index (Phi) is 11.0. The van der Waals surface area contributed by atoms with Gasteiger partial charge in [-0.15, -0.1) is 0 Å². The molecule has 3 N–H and O–H groups in total. The molecular weight excluding hydrogens is 639 g/mol. The molecule has 0 saturated carbocycles. The van der Waals surface area contributed by atoms with Gasteiger partial charge in [-0.3, -0.25) is 9.88 Å². The minimum Gasteiger partial charge on any atom is -0.371 e. The fraction of sp³-hybridized carbons (Fsp3) is 0.459. The highest BCUT2D eigenvalue weighted by molar-refractivity contribution is 7.94. The standard InChI is InChI=1S/C37H50FN8PS/c1-7-25-23-33(46-18-14-28(15-19-46)45-20-16-39-17-21-45)26(8-2)22-32(25)43-37-40-24-34(48-38)36(44-37)42-31-13-12-30-29(35(31)47(4,5)6)11-10-27(9-3)41-30/h10-13,22-24,28,39H,4,7-9,14-21H2,1-3,5-6H3,(H2,40,42,43,44). The first-order valence-electron chi connectivity index (χ1n) is 17.4. The number of fused-ring (bicyclic) bond motifs is 1. The smallest absolute Gasteiger partial charge is 0.229 e. The lowest BCUT2D eigenvalue weighted by Gasteiger charge is -2.41. The molecule has 0 aliphatic carbocycles. The monoisotopic (exact) mass is 688 g/mol. The van der Waals surface area contributed by atoms with Gasteiger partial charge in [0, 0.05) is 78.8 Å². The van der Waals surface area contributed by atoms with Gasteiger partial charge in [0.05, 0.1) is 23.9 Å². The molecular formula is C37H50FN8PS. The molecule has 0 unspecified atom stereocenters. The highest BCUT2D eigenvalue weighted by Crippen LogP contribution is 2.42. The highest BCUT2D eigenvalue weighted by atomic mass is 32.2. The van der Waals surface area contributed by atoms with Gasteiger partial charge in [-0.1, -0.05) is 40.0 Å². The molecule has 0 radical (unpaired) electrons. The zero-order valence-corrected chi connectivity index (χ0v) is 30.8. The van der Waals surface area contributed by atoms with E-state index in [0.29, 0.717) is 22.7 Å². The van der Waals surface area contributed by atoms with Crippen molar-refractivity contribution in [2.24, 2.45) is 0 Å². The van der Waals surface area contributed by atoms with Crippen LogP contribution in [0, 0.1) is 0 Å². The highest BCUT2D eigenvalue weighted by Gasteiger charge is 2.27. The SMILES string of the molecule is C=P(C)(C)c1c(Nc2nc(Nc3cc(CC)c(N4CCC(N5CCNCC5)CC4)cc3CC)ncc2SF)ccc2nc(CC)ccc12. The van der Waals surface area contributed by atoms with Gasteiger partial charge in [-0.05, 0) is 86.9 Å². The molecule has 2 saturated heterocycles. The number of anilines is 5. The Hall–Kier alpha value is -3.17. The first kappa shape index (κ1) is 34.7. The largest absolute Gasteiger partial charge is 0.371 e. The third kappa shape index (κ3) is 7.52. The zero-order chi connectivity index (χ0) is 33.8. The maximum atomic E-state index is 14.2. The number of halogens is 1. The summed E-state index contributed by atoms with van der Waals surface area (Å²) in [5.74, 6) is 0.849. The van der Waals surface area contributed by atoms with Crippen molar-refractivity contribution in [3.8, 4) is 0 Å². The molecule has 2 aromatic carbocycles. The number of hydrogen-bond acceptors (Lipinski definition) is 9. The van der Waals surface area contributed by atoms with Gasteiger partial charge in [0.15, 0.2) is 5.82 Å². The van der Waals surface area contributed by atoms with E-state index >= 15 is 0 Å². The van der Waals surface area contributed by atoms with Crippen LogP contribution in [0.4, 0.5) is 32.7 Å². The maximum Gasteiger partial charge on any atom is 0.229 e. The van der Waals surface area contributed by atoms with Gasteiger partial charge in [0.25, 0.3) is 0 Å². The van der Waals surface area contributed by atoms with Gasteiger partial charge < -0.3 is 20.9 Å². The summed E-state index contributed by atoms with van der Waals surface area (Å²) in [5.41, 5.74) is 7.74. The predicted octanol–water partition coefficient (Wildman–Crippen LogP) is 7.38. The number of piperazine rings is 1. The number of pyridine rings is 1. The molecule has 6 rings (SSSR count). The van der Waals surface area contributed by atoms with Crippen LogP contribution < -0.4 is 26.2 Å². The van der Waals surface area contributed by atoms with Crippen LogP contribution in [0.5, 0.6) is 0 Å². The second-order valence-electron chi connectivity index (χ2n) is 13.5. The van der Waals surface area contributed by atoms with Crippen LogP contribution in [0.1, 0.15) is 50.4 Å². The van der Waals surface area contributed by atoms with E-state index in [1.54, 1.807) is 6.20 Å². The topological polar surface area (TPSA) is 81.2 Å². The molecule has 48 heavy (non-hydrogen) atoms. The summed E-state index contributed by atoms with van der Waals surface area (Å²) >= 11 is 0.146. The van der Waals surface area contributed by atoms with Crippen LogP contribution >= 0.6 is 19.0 Å². The number of hydrogen-bond donors (Lipinski definition) is 3. The van der Waals surface area contributed by atoms with Crippen molar-refractivity contribution in [1.82, 2.24) is 25.2 Å². The molecule has 11 heteroatoms. The van der Waals surface area contributed by atoms with E-state index in [1.165, 1.54) is 29.7 Å². The van der Waals surface area contributed by atoms with Crippen LogP contribution in [0.2, 0.25) is 0 Å². The lowest BCUT2D eigenvalue weighted by Crippen LogP contribution is -2.52. The third-order valence-electron chi connectivity index (χ3n) is 9.75. The minimum absolute atomic E-state index is 0.146. The first-order valence-corrected chi connectivity index (χ1v) is 21.0. The van der Waals surface area contributed by atoms with Crippen molar-refractivity contribution in [2.45, 2.75) is 63.8 Å². The number of benzene rings is 2. The molecule has 0 atom stereocenters. The van der Waals surface area contributed by atoms with Gasteiger partial charge in [-0.25, -0.2) is 4.98 Å². The number of piperidine rings is 1. The number of aryl methyl sites for hydroxylation is 3. The number of rotatable bonds is 11. The van der Waals surface area contributed by atoms with E-state index in [9.17, 15) is 3.89 Å². The van der Waals surface area contributed by atoms with Gasteiger partial charge in [0.2, 0.25) is 5.95 Å². The normalized spacial score (nSPS) is 16.4. The Bertz CT molecular complexity index is 1800. The van der Waals surface area contributed by atoms with E-state index in [2.05, 4.69) is 95.4 Å². The molecule has 2 fully saturated rings. The van der Waals surface area contributed by atoms with E-state index < -0.39 is 6.89 Å². The number of aromatic nitrogens is 3. The quantitative estimate of drug-likeness (QED) is 0.140. The molecule has 0 bridgehead atoms. The predicted molar refractivity (Wildman–Crippen MR) is 207 cm³/mol. The second-order valence-corrected chi connectivity index (χ2v) is 17.9. The molecule has 0 spiro atoms. The fourth-order valence-corrected chi connectivity index (χ4v) is 9.07. The van der Waals surface area contributed by atoms with E-state index in [-0.39, 0.29) is 12.1 Å². The Balaban J connectivity index is 1.26. The summed E-state index contributed by atoms with van der Waals surface area (Å²) in [6, 6.07) is 13.6. The third-order valence-corrected chi connectivity index (χ3v) is 11.9. The fourth-order valence-electron chi connectivity index (χ4n) is 7.19. The average Bonchev–Trinajstić information content (AvgIpc) is 3.11. The Labute approximate surface area is 290 Å². The summed E-state index contributed by atoms with van der Waals surface area (Å²) in [6.45, 7) is 15.8.